The van der Waals surface area contributed by atoms with Crippen molar-refractivity contribution in [2.75, 3.05) is 7.11 Å². The molecular formula is C14H24N2OS. The second-order valence-electron chi connectivity index (χ2n) is 5.60. The molecule has 0 unspecified atom stereocenters. The van der Waals surface area contributed by atoms with Gasteiger partial charge in [0.1, 0.15) is 10.6 Å². The summed E-state index contributed by atoms with van der Waals surface area (Å²) in [5.74, 6) is 0.618. The Morgan fingerprint density at radius 1 is 1.39 bits per heavy atom. The van der Waals surface area contributed by atoms with Crippen molar-refractivity contribution in [2.24, 2.45) is 11.7 Å². The first-order chi connectivity index (χ1) is 8.61. The molecule has 102 valence electrons. The summed E-state index contributed by atoms with van der Waals surface area (Å²) in [5.41, 5.74) is 6.92. The molecule has 0 bridgehead atoms. The maximum atomic E-state index is 5.85. The number of hydrogen-bond donors (Lipinski definition) is 1. The zero-order valence-electron chi connectivity index (χ0n) is 11.7. The van der Waals surface area contributed by atoms with E-state index < -0.39 is 0 Å². The predicted molar refractivity (Wildman–Crippen MR) is 75.7 cm³/mol. The van der Waals surface area contributed by atoms with Gasteiger partial charge in [0, 0.05) is 18.5 Å². The number of hydrogen-bond acceptors (Lipinski definition) is 4. The normalized spacial score (nSPS) is 18.7. The molecule has 1 aromatic heterocycles. The van der Waals surface area contributed by atoms with Crippen LogP contribution in [-0.4, -0.2) is 12.1 Å². The third-order valence-corrected chi connectivity index (χ3v) is 5.06. The van der Waals surface area contributed by atoms with Gasteiger partial charge in [-0.15, -0.1) is 11.3 Å². The third kappa shape index (κ3) is 2.60. The van der Waals surface area contributed by atoms with Gasteiger partial charge in [-0.1, -0.05) is 26.7 Å². The molecule has 0 radical (unpaired) electrons. The molecule has 0 spiro atoms. The number of ether oxygens (including phenoxy) is 1. The maximum Gasteiger partial charge on any atom is 0.125 e. The van der Waals surface area contributed by atoms with E-state index in [0.717, 1.165) is 24.3 Å². The number of aromatic nitrogens is 1. The molecule has 0 atom stereocenters. The van der Waals surface area contributed by atoms with Crippen molar-refractivity contribution in [2.45, 2.75) is 58.1 Å². The molecule has 0 saturated heterocycles. The molecule has 2 N–H and O–H groups in total. The van der Waals surface area contributed by atoms with Gasteiger partial charge < -0.3 is 10.5 Å². The Balaban J connectivity index is 2.30. The largest absolute Gasteiger partial charge is 0.371 e. The van der Waals surface area contributed by atoms with E-state index >= 15 is 0 Å². The van der Waals surface area contributed by atoms with Gasteiger partial charge in [0.25, 0.3) is 0 Å². The van der Waals surface area contributed by atoms with Crippen molar-refractivity contribution in [3.63, 3.8) is 0 Å². The van der Waals surface area contributed by atoms with Crippen LogP contribution in [0.1, 0.15) is 55.1 Å². The van der Waals surface area contributed by atoms with Gasteiger partial charge in [-0.05, 0) is 25.2 Å². The van der Waals surface area contributed by atoms with Crippen molar-refractivity contribution in [3.8, 4) is 0 Å². The smallest absolute Gasteiger partial charge is 0.125 e. The molecule has 1 aromatic rings. The van der Waals surface area contributed by atoms with Crippen molar-refractivity contribution < 1.29 is 4.74 Å². The number of methoxy groups -OCH3 is 1. The number of nitrogens with two attached hydrogens (primary N) is 1. The van der Waals surface area contributed by atoms with Gasteiger partial charge in [-0.3, -0.25) is 0 Å². The fraction of sp³-hybridized carbons (Fsp3) is 0.786. The summed E-state index contributed by atoms with van der Waals surface area (Å²) in [7, 11) is 1.82. The second kappa shape index (κ2) is 5.68. The lowest BCUT2D eigenvalue weighted by atomic mass is 10.0. The molecule has 3 nitrogen and oxygen atoms in total. The van der Waals surface area contributed by atoms with E-state index in [1.165, 1.54) is 23.4 Å². The Morgan fingerprint density at radius 2 is 2.06 bits per heavy atom. The summed E-state index contributed by atoms with van der Waals surface area (Å²) in [6, 6.07) is 0. The van der Waals surface area contributed by atoms with Crippen molar-refractivity contribution >= 4 is 11.3 Å². The number of nitrogens with zero attached hydrogens (tertiary/aromatic N) is 1. The fourth-order valence-corrected chi connectivity index (χ4v) is 3.93. The number of rotatable bonds is 5. The minimum absolute atomic E-state index is 0.121. The zero-order chi connectivity index (χ0) is 13.2. The molecule has 4 heteroatoms. The second-order valence-corrected chi connectivity index (χ2v) is 6.68. The Morgan fingerprint density at radius 3 is 2.56 bits per heavy atom. The molecule has 1 aliphatic carbocycles. The van der Waals surface area contributed by atoms with Crippen LogP contribution in [0.25, 0.3) is 0 Å². The highest BCUT2D eigenvalue weighted by Crippen LogP contribution is 2.43. The van der Waals surface area contributed by atoms with Gasteiger partial charge >= 0.3 is 0 Å². The Labute approximate surface area is 114 Å². The van der Waals surface area contributed by atoms with E-state index in [9.17, 15) is 0 Å². The molecule has 1 aliphatic rings. The molecule has 0 amide bonds. The van der Waals surface area contributed by atoms with Crippen LogP contribution in [0.2, 0.25) is 0 Å². The quantitative estimate of drug-likeness (QED) is 0.892. The van der Waals surface area contributed by atoms with Crippen LogP contribution in [0.4, 0.5) is 0 Å². The molecule has 0 aliphatic heterocycles. The van der Waals surface area contributed by atoms with Crippen LogP contribution in [0.3, 0.4) is 0 Å². The van der Waals surface area contributed by atoms with Gasteiger partial charge in [-0.2, -0.15) is 0 Å². The molecular weight excluding hydrogens is 244 g/mol. The minimum Gasteiger partial charge on any atom is -0.371 e. The van der Waals surface area contributed by atoms with E-state index in [1.54, 1.807) is 11.3 Å². The van der Waals surface area contributed by atoms with Crippen molar-refractivity contribution in [3.05, 3.63) is 15.6 Å². The molecule has 18 heavy (non-hydrogen) atoms. The lowest BCUT2D eigenvalue weighted by Gasteiger charge is -2.24. The summed E-state index contributed by atoms with van der Waals surface area (Å²) in [5, 5.41) is 1.15. The molecule has 1 heterocycles. The van der Waals surface area contributed by atoms with E-state index in [2.05, 4.69) is 13.8 Å². The standard InChI is InChI=1S/C14H24N2OS/c1-10(2)8-11-12(9-15)18-13(16-11)14(17-3)6-4-5-7-14/h10H,4-9,15H2,1-3H3. The zero-order valence-corrected chi connectivity index (χ0v) is 12.5. The van der Waals surface area contributed by atoms with E-state index in [1.807, 2.05) is 7.11 Å². The van der Waals surface area contributed by atoms with Crippen LogP contribution < -0.4 is 5.73 Å². The van der Waals surface area contributed by atoms with Gasteiger partial charge in [0.15, 0.2) is 0 Å². The van der Waals surface area contributed by atoms with Gasteiger partial charge in [0.05, 0.1) is 5.69 Å². The van der Waals surface area contributed by atoms with Crippen molar-refractivity contribution in [1.82, 2.24) is 4.98 Å². The Bertz CT molecular complexity index is 394. The molecule has 1 saturated carbocycles. The van der Waals surface area contributed by atoms with Crippen LogP contribution in [0, 0.1) is 5.92 Å². The molecule has 1 fully saturated rings. The summed E-state index contributed by atoms with van der Waals surface area (Å²) < 4.78 is 5.81. The van der Waals surface area contributed by atoms with Crippen LogP contribution in [-0.2, 0) is 23.3 Å². The van der Waals surface area contributed by atoms with E-state index in [-0.39, 0.29) is 5.60 Å². The topological polar surface area (TPSA) is 48.1 Å². The van der Waals surface area contributed by atoms with Crippen LogP contribution in [0.15, 0.2) is 0 Å². The predicted octanol–water partition coefficient (Wildman–Crippen LogP) is 3.22. The summed E-state index contributed by atoms with van der Waals surface area (Å²) in [6.45, 7) is 5.04. The summed E-state index contributed by atoms with van der Waals surface area (Å²) in [4.78, 5) is 6.10. The Hall–Kier alpha value is -0.450. The highest BCUT2D eigenvalue weighted by molar-refractivity contribution is 7.11. The van der Waals surface area contributed by atoms with Crippen molar-refractivity contribution in [1.29, 1.82) is 0 Å². The van der Waals surface area contributed by atoms with E-state index in [4.69, 9.17) is 15.5 Å². The van der Waals surface area contributed by atoms with Gasteiger partial charge in [0.2, 0.25) is 0 Å². The maximum absolute atomic E-state index is 5.85. The first-order valence-corrected chi connectivity index (χ1v) is 7.67. The summed E-state index contributed by atoms with van der Waals surface area (Å²) in [6.07, 6.45) is 5.70. The average Bonchev–Trinajstić information content (AvgIpc) is 2.95. The van der Waals surface area contributed by atoms with Crippen LogP contribution >= 0.6 is 11.3 Å². The Kier molecular flexibility index (Phi) is 4.41. The molecule has 0 aromatic carbocycles. The SMILES string of the molecule is COC1(c2nc(CC(C)C)c(CN)s2)CCCC1. The third-order valence-electron chi connectivity index (χ3n) is 3.76. The highest BCUT2D eigenvalue weighted by atomic mass is 32.1. The summed E-state index contributed by atoms with van der Waals surface area (Å²) >= 11 is 1.76. The van der Waals surface area contributed by atoms with E-state index in [0.29, 0.717) is 12.5 Å². The minimum atomic E-state index is -0.121. The lowest BCUT2D eigenvalue weighted by molar-refractivity contribution is -0.00897. The first-order valence-electron chi connectivity index (χ1n) is 6.85. The van der Waals surface area contributed by atoms with Gasteiger partial charge in [-0.25, -0.2) is 4.98 Å². The molecule has 2 rings (SSSR count). The monoisotopic (exact) mass is 268 g/mol. The first kappa shape index (κ1) is 14.0. The van der Waals surface area contributed by atoms with Crippen LogP contribution in [0.5, 0.6) is 0 Å². The fourth-order valence-electron chi connectivity index (χ4n) is 2.74. The number of thiazole rings is 1. The average molecular weight is 268 g/mol. The lowest BCUT2D eigenvalue weighted by Crippen LogP contribution is -2.24. The highest BCUT2D eigenvalue weighted by Gasteiger charge is 2.39.